The second kappa shape index (κ2) is 4.76. The van der Waals surface area contributed by atoms with Gasteiger partial charge in [-0.3, -0.25) is 4.90 Å². The molecule has 2 nitrogen and oxygen atoms in total. The van der Waals surface area contributed by atoms with Crippen molar-refractivity contribution in [1.82, 2.24) is 10.2 Å². The van der Waals surface area contributed by atoms with Crippen LogP contribution < -0.4 is 5.32 Å². The molecular formula is C16H23ClN2. The molecule has 2 fully saturated rings. The van der Waals surface area contributed by atoms with Crippen molar-refractivity contribution in [2.45, 2.75) is 32.9 Å². The van der Waals surface area contributed by atoms with Gasteiger partial charge in [0.05, 0.1) is 0 Å². The molecule has 2 aliphatic rings. The average Bonchev–Trinajstić information content (AvgIpc) is 2.89. The number of benzene rings is 1. The fourth-order valence-corrected chi connectivity index (χ4v) is 3.93. The fraction of sp³-hybridized carbons (Fsp3) is 0.625. The van der Waals surface area contributed by atoms with Crippen molar-refractivity contribution in [2.24, 2.45) is 11.8 Å². The number of halogens is 1. The summed E-state index contributed by atoms with van der Waals surface area (Å²) in [4.78, 5) is 2.63. The van der Waals surface area contributed by atoms with E-state index in [1.165, 1.54) is 25.2 Å². The molecule has 1 N–H and O–H groups in total. The molecule has 0 spiro atoms. The van der Waals surface area contributed by atoms with E-state index in [0.717, 1.165) is 29.0 Å². The highest BCUT2D eigenvalue weighted by Gasteiger charge is 2.49. The summed E-state index contributed by atoms with van der Waals surface area (Å²) in [5.41, 5.74) is 2.77. The van der Waals surface area contributed by atoms with Gasteiger partial charge in [0.2, 0.25) is 0 Å². The van der Waals surface area contributed by atoms with Crippen molar-refractivity contribution in [3.05, 3.63) is 34.3 Å². The second-order valence-corrected chi connectivity index (χ2v) is 7.05. The number of rotatable bonds is 2. The third kappa shape index (κ3) is 2.31. The Morgan fingerprint density at radius 3 is 2.84 bits per heavy atom. The quantitative estimate of drug-likeness (QED) is 0.894. The van der Waals surface area contributed by atoms with E-state index < -0.39 is 0 Å². The lowest BCUT2D eigenvalue weighted by Gasteiger charge is -2.35. The second-order valence-electron chi connectivity index (χ2n) is 6.64. The minimum Gasteiger partial charge on any atom is -0.316 e. The van der Waals surface area contributed by atoms with Gasteiger partial charge in [0, 0.05) is 30.2 Å². The molecule has 0 amide bonds. The van der Waals surface area contributed by atoms with Crippen molar-refractivity contribution >= 4 is 11.6 Å². The van der Waals surface area contributed by atoms with E-state index >= 15 is 0 Å². The predicted octanol–water partition coefficient (Wildman–Crippen LogP) is 3.08. The van der Waals surface area contributed by atoms with Gasteiger partial charge in [-0.1, -0.05) is 23.7 Å². The Labute approximate surface area is 121 Å². The van der Waals surface area contributed by atoms with E-state index in [-0.39, 0.29) is 5.54 Å². The topological polar surface area (TPSA) is 15.3 Å². The lowest BCUT2D eigenvalue weighted by Crippen LogP contribution is -2.43. The minimum atomic E-state index is 0.283. The van der Waals surface area contributed by atoms with Crippen LogP contribution >= 0.6 is 11.6 Å². The van der Waals surface area contributed by atoms with Crippen molar-refractivity contribution in [1.29, 1.82) is 0 Å². The molecule has 0 aliphatic carbocycles. The van der Waals surface area contributed by atoms with Gasteiger partial charge in [-0.25, -0.2) is 0 Å². The molecule has 104 valence electrons. The third-order valence-corrected chi connectivity index (χ3v) is 5.53. The Bertz CT molecular complexity index is 484. The molecule has 3 rings (SSSR count). The van der Waals surface area contributed by atoms with Crippen molar-refractivity contribution in [3.63, 3.8) is 0 Å². The van der Waals surface area contributed by atoms with Gasteiger partial charge >= 0.3 is 0 Å². The highest BCUT2D eigenvalue weighted by atomic mass is 35.5. The molecule has 1 aromatic rings. The van der Waals surface area contributed by atoms with E-state index in [4.69, 9.17) is 11.6 Å². The molecule has 1 aromatic carbocycles. The summed E-state index contributed by atoms with van der Waals surface area (Å²) in [7, 11) is 0. The van der Waals surface area contributed by atoms with Crippen molar-refractivity contribution < 1.29 is 0 Å². The lowest BCUT2D eigenvalue weighted by molar-refractivity contribution is 0.132. The van der Waals surface area contributed by atoms with E-state index in [0.29, 0.717) is 0 Å². The van der Waals surface area contributed by atoms with Crippen LogP contribution in [0, 0.1) is 18.8 Å². The number of nitrogens with one attached hydrogen (secondary N) is 1. The monoisotopic (exact) mass is 278 g/mol. The fourth-order valence-electron chi connectivity index (χ4n) is 3.73. The first-order valence-electron chi connectivity index (χ1n) is 7.19. The summed E-state index contributed by atoms with van der Waals surface area (Å²) in [5, 5.41) is 4.42. The molecule has 0 bridgehead atoms. The van der Waals surface area contributed by atoms with Crippen LogP contribution in [-0.4, -0.2) is 30.1 Å². The van der Waals surface area contributed by atoms with Crippen LogP contribution in [0.4, 0.5) is 0 Å². The summed E-state index contributed by atoms with van der Waals surface area (Å²) in [5.74, 6) is 1.60. The van der Waals surface area contributed by atoms with Crippen LogP contribution in [0.25, 0.3) is 0 Å². The first-order valence-corrected chi connectivity index (χ1v) is 7.57. The zero-order chi connectivity index (χ0) is 13.6. The van der Waals surface area contributed by atoms with E-state index in [2.05, 4.69) is 49.2 Å². The number of hydrogen-bond acceptors (Lipinski definition) is 2. The maximum atomic E-state index is 6.24. The van der Waals surface area contributed by atoms with E-state index in [9.17, 15) is 0 Å². The maximum absolute atomic E-state index is 6.24. The molecule has 0 aromatic heterocycles. The molecule has 19 heavy (non-hydrogen) atoms. The molecule has 3 heteroatoms. The highest BCUT2D eigenvalue weighted by Crippen LogP contribution is 2.41. The first kappa shape index (κ1) is 13.4. The number of nitrogens with zero attached hydrogens (tertiary/aromatic N) is 1. The van der Waals surface area contributed by atoms with Crippen molar-refractivity contribution in [2.75, 3.05) is 19.6 Å². The Balaban J connectivity index is 1.78. The van der Waals surface area contributed by atoms with Crippen LogP contribution in [0.2, 0.25) is 5.02 Å². The largest absolute Gasteiger partial charge is 0.316 e. The Kier molecular flexibility index (Phi) is 3.36. The van der Waals surface area contributed by atoms with Crippen LogP contribution in [0.1, 0.15) is 25.0 Å². The number of fused-ring (bicyclic) bond motifs is 1. The van der Waals surface area contributed by atoms with Crippen LogP contribution in [0.15, 0.2) is 18.2 Å². The summed E-state index contributed by atoms with van der Waals surface area (Å²) in [6, 6.07) is 6.46. The number of aryl methyl sites for hydroxylation is 1. The first-order chi connectivity index (χ1) is 8.98. The molecule has 0 saturated carbocycles. The van der Waals surface area contributed by atoms with Crippen LogP contribution in [0.5, 0.6) is 0 Å². The van der Waals surface area contributed by atoms with Crippen molar-refractivity contribution in [3.8, 4) is 0 Å². The standard InChI is InChI=1S/C16H23ClN2/c1-11-4-5-12(6-15(11)17)9-19-10-13-7-18-8-14(13)16(19,2)3/h4-6,13-14,18H,7-10H2,1-3H3. The molecule has 0 radical (unpaired) electrons. The Morgan fingerprint density at radius 1 is 1.37 bits per heavy atom. The zero-order valence-corrected chi connectivity index (χ0v) is 12.8. The van der Waals surface area contributed by atoms with E-state index in [1.807, 2.05) is 0 Å². The van der Waals surface area contributed by atoms with Gasteiger partial charge in [0.25, 0.3) is 0 Å². The maximum Gasteiger partial charge on any atom is 0.0438 e. The summed E-state index contributed by atoms with van der Waals surface area (Å²) < 4.78 is 0. The summed E-state index contributed by atoms with van der Waals surface area (Å²) in [6.07, 6.45) is 0. The van der Waals surface area contributed by atoms with Gasteiger partial charge in [0.1, 0.15) is 0 Å². The highest BCUT2D eigenvalue weighted by molar-refractivity contribution is 6.31. The average molecular weight is 279 g/mol. The smallest absolute Gasteiger partial charge is 0.0438 e. The van der Waals surface area contributed by atoms with Gasteiger partial charge in [0.15, 0.2) is 0 Å². The van der Waals surface area contributed by atoms with Crippen LogP contribution in [0.3, 0.4) is 0 Å². The van der Waals surface area contributed by atoms with Gasteiger partial charge < -0.3 is 5.32 Å². The molecule has 2 heterocycles. The lowest BCUT2D eigenvalue weighted by atomic mass is 9.85. The zero-order valence-electron chi connectivity index (χ0n) is 12.0. The van der Waals surface area contributed by atoms with Gasteiger partial charge in [-0.2, -0.15) is 0 Å². The Morgan fingerprint density at radius 2 is 2.16 bits per heavy atom. The Hall–Kier alpha value is -0.570. The number of hydrogen-bond donors (Lipinski definition) is 1. The predicted molar refractivity (Wildman–Crippen MR) is 80.5 cm³/mol. The molecule has 2 unspecified atom stereocenters. The summed E-state index contributed by atoms with van der Waals surface area (Å²) in [6.45, 7) is 11.4. The molecule has 2 saturated heterocycles. The van der Waals surface area contributed by atoms with Gasteiger partial charge in [-0.15, -0.1) is 0 Å². The SMILES string of the molecule is Cc1ccc(CN2CC3CNCC3C2(C)C)cc1Cl. The van der Waals surface area contributed by atoms with Gasteiger partial charge in [-0.05, 0) is 56.3 Å². The molecule has 2 aliphatic heterocycles. The normalized spacial score (nSPS) is 29.7. The number of likely N-dealkylation sites (tertiary alicyclic amines) is 1. The van der Waals surface area contributed by atoms with Crippen LogP contribution in [-0.2, 0) is 6.54 Å². The third-order valence-electron chi connectivity index (χ3n) is 5.13. The summed E-state index contributed by atoms with van der Waals surface area (Å²) >= 11 is 6.24. The molecule has 2 atom stereocenters. The minimum absolute atomic E-state index is 0.283. The van der Waals surface area contributed by atoms with E-state index in [1.54, 1.807) is 0 Å². The molecular weight excluding hydrogens is 256 g/mol.